The van der Waals surface area contributed by atoms with Crippen LogP contribution in [0.5, 0.6) is 0 Å². The Kier molecular flexibility index (Phi) is 7.64. The van der Waals surface area contributed by atoms with Gasteiger partial charge in [0.2, 0.25) is 5.95 Å². The van der Waals surface area contributed by atoms with Gasteiger partial charge in [0.15, 0.2) is 11.6 Å². The molecule has 2 unspecified atom stereocenters. The average Bonchev–Trinajstić information content (AvgIpc) is 3.86. The topological polar surface area (TPSA) is 131 Å². The fourth-order valence-electron chi connectivity index (χ4n) is 8.12. The van der Waals surface area contributed by atoms with Crippen LogP contribution in [0.4, 0.5) is 25.5 Å². The maximum atomic E-state index is 17.4. The average molecular weight is 662 g/mol. The Balaban J connectivity index is 1.36. The summed E-state index contributed by atoms with van der Waals surface area (Å²) in [5.41, 5.74) is 8.17. The molecule has 1 aromatic carbocycles. The number of aromatic nitrogens is 3. The molecule has 246 valence electrons. The summed E-state index contributed by atoms with van der Waals surface area (Å²) >= 11 is 0.963. The molecule has 0 aliphatic carbocycles. The molecule has 3 aromatic heterocycles. The number of nitriles is 1. The number of halogens is 2. The van der Waals surface area contributed by atoms with Crippen LogP contribution in [0.15, 0.2) is 6.20 Å². The van der Waals surface area contributed by atoms with Gasteiger partial charge in [0, 0.05) is 68.4 Å². The van der Waals surface area contributed by atoms with Crippen molar-refractivity contribution >= 4 is 49.1 Å². The van der Waals surface area contributed by atoms with Gasteiger partial charge in [-0.05, 0) is 50.9 Å². The number of ether oxygens (including phenoxy) is 1. The molecule has 0 spiro atoms. The van der Waals surface area contributed by atoms with Crippen LogP contribution in [0, 0.1) is 23.0 Å². The quantitative estimate of drug-likeness (QED) is 0.300. The number of thiophene rings is 1. The zero-order valence-corrected chi connectivity index (χ0v) is 27.3. The second kappa shape index (κ2) is 11.7. The van der Waals surface area contributed by atoms with E-state index in [1.54, 1.807) is 0 Å². The highest BCUT2D eigenvalue weighted by atomic mass is 32.1. The molecule has 4 aliphatic heterocycles. The minimum absolute atomic E-state index is 0.0886. The largest absolute Gasteiger partial charge is 0.396 e. The van der Waals surface area contributed by atoms with Gasteiger partial charge in [-0.3, -0.25) is 9.88 Å². The van der Waals surface area contributed by atoms with Crippen molar-refractivity contribution in [2.45, 2.75) is 57.0 Å². The molecule has 2 bridgehead atoms. The van der Waals surface area contributed by atoms with Crippen molar-refractivity contribution in [2.24, 2.45) is 0 Å². The first-order valence-corrected chi connectivity index (χ1v) is 17.0. The Bertz CT molecular complexity index is 1930. The van der Waals surface area contributed by atoms with Gasteiger partial charge in [0.1, 0.15) is 22.4 Å². The van der Waals surface area contributed by atoms with Crippen LogP contribution in [-0.4, -0.2) is 101 Å². The van der Waals surface area contributed by atoms with Gasteiger partial charge in [0.05, 0.1) is 40.8 Å². The molecule has 0 amide bonds. The van der Waals surface area contributed by atoms with Crippen LogP contribution >= 0.6 is 11.3 Å². The number of anilines is 3. The molecule has 3 N–H and O–H groups in total. The predicted octanol–water partition coefficient (Wildman–Crippen LogP) is 3.84. The van der Waals surface area contributed by atoms with Gasteiger partial charge in [-0.15, -0.1) is 11.3 Å². The van der Waals surface area contributed by atoms with Crippen LogP contribution in [0.1, 0.15) is 42.4 Å². The van der Waals surface area contributed by atoms with Gasteiger partial charge in [0.25, 0.3) is 0 Å². The lowest BCUT2D eigenvalue weighted by Crippen LogP contribution is -2.54. The number of benzene rings is 1. The number of nitrogen functional groups attached to an aromatic ring is 1. The second-order valence-corrected chi connectivity index (χ2v) is 14.4. The standard InChI is InChI=1S/C33H37F2N9O2S/c1-41(2)17-6-8-43(14-17)33-39-29-26(32(40-33)44-18-4-5-19(44)13-42(12-18)7-3-9-45)22-16-46-15-21(22)24(27(29)35)28-25-20(10-36)31(37)47-30(25)23(34)11-38-28/h11,17-19,45H,3-9,12-16,37H2,1-2H3/t17-,18?,19?/m0/s1. The fourth-order valence-corrected chi connectivity index (χ4v) is 9.04. The Morgan fingerprint density at radius 2 is 1.87 bits per heavy atom. The van der Waals surface area contributed by atoms with Crippen molar-refractivity contribution in [1.82, 2.24) is 24.8 Å². The van der Waals surface area contributed by atoms with E-state index in [-0.39, 0.29) is 69.3 Å². The molecule has 4 aromatic rings. The van der Waals surface area contributed by atoms with E-state index in [1.807, 2.05) is 0 Å². The van der Waals surface area contributed by atoms with E-state index in [9.17, 15) is 10.4 Å². The molecule has 47 heavy (non-hydrogen) atoms. The van der Waals surface area contributed by atoms with E-state index < -0.39 is 11.6 Å². The van der Waals surface area contributed by atoms with E-state index in [0.29, 0.717) is 22.9 Å². The van der Waals surface area contributed by atoms with Gasteiger partial charge < -0.3 is 30.3 Å². The van der Waals surface area contributed by atoms with Crippen LogP contribution in [-0.2, 0) is 18.0 Å². The Morgan fingerprint density at radius 1 is 1.11 bits per heavy atom. The molecule has 11 nitrogen and oxygen atoms in total. The zero-order valence-electron chi connectivity index (χ0n) is 26.5. The summed E-state index contributed by atoms with van der Waals surface area (Å²) in [7, 11) is 4.13. The summed E-state index contributed by atoms with van der Waals surface area (Å²) in [5, 5.41) is 20.4. The number of pyridine rings is 1. The number of hydrogen-bond acceptors (Lipinski definition) is 12. The lowest BCUT2D eigenvalue weighted by atomic mass is 9.93. The first kappa shape index (κ1) is 30.6. The monoisotopic (exact) mass is 661 g/mol. The summed E-state index contributed by atoms with van der Waals surface area (Å²) in [6, 6.07) is 2.80. The lowest BCUT2D eigenvalue weighted by molar-refractivity contribution is 0.135. The Labute approximate surface area is 275 Å². The van der Waals surface area contributed by atoms with Crippen molar-refractivity contribution in [3.63, 3.8) is 0 Å². The molecule has 0 radical (unpaired) electrons. The van der Waals surface area contributed by atoms with Gasteiger partial charge in [-0.25, -0.2) is 13.8 Å². The maximum absolute atomic E-state index is 17.4. The van der Waals surface area contributed by atoms with Crippen LogP contribution in [0.2, 0.25) is 0 Å². The molecule has 14 heteroatoms. The Morgan fingerprint density at radius 3 is 2.57 bits per heavy atom. The first-order chi connectivity index (χ1) is 22.8. The summed E-state index contributed by atoms with van der Waals surface area (Å²) in [4.78, 5) is 23.7. The summed E-state index contributed by atoms with van der Waals surface area (Å²) in [5.74, 6) is 0.0217. The fraction of sp³-hybridized carbons (Fsp3) is 0.515. The van der Waals surface area contributed by atoms with Gasteiger partial charge in [-0.1, -0.05) is 0 Å². The van der Waals surface area contributed by atoms with E-state index >= 15 is 8.78 Å². The third kappa shape index (κ3) is 4.82. The van der Waals surface area contributed by atoms with Crippen LogP contribution in [0.25, 0.3) is 32.2 Å². The minimum atomic E-state index is -0.610. The molecule has 8 rings (SSSR count). The smallest absolute Gasteiger partial charge is 0.228 e. The second-order valence-electron chi connectivity index (χ2n) is 13.3. The van der Waals surface area contributed by atoms with Crippen molar-refractivity contribution < 1.29 is 18.6 Å². The molecule has 0 saturated carbocycles. The molecule has 3 atom stereocenters. The van der Waals surface area contributed by atoms with Crippen molar-refractivity contribution in [3.8, 4) is 17.3 Å². The normalized spacial score (nSPS) is 22.7. The Hall–Kier alpha value is -3.74. The summed E-state index contributed by atoms with van der Waals surface area (Å²) in [6.45, 7) is 4.54. The highest BCUT2D eigenvalue weighted by Gasteiger charge is 2.43. The van der Waals surface area contributed by atoms with Gasteiger partial charge in [-0.2, -0.15) is 10.2 Å². The molecular formula is C33H37F2N9O2S. The lowest BCUT2D eigenvalue weighted by Gasteiger charge is -2.42. The molecular weight excluding hydrogens is 624 g/mol. The van der Waals surface area contributed by atoms with E-state index in [1.165, 1.54) is 0 Å². The number of aliphatic hydroxyl groups excluding tert-OH is 1. The molecule has 4 aliphatic rings. The number of likely N-dealkylation sites (N-methyl/N-ethyl adjacent to an activating group) is 1. The predicted molar refractivity (Wildman–Crippen MR) is 177 cm³/mol. The van der Waals surface area contributed by atoms with E-state index in [2.05, 4.69) is 44.7 Å². The molecule has 3 saturated heterocycles. The number of rotatable bonds is 7. The zero-order chi connectivity index (χ0) is 32.6. The third-order valence-corrected chi connectivity index (χ3v) is 11.4. The number of piperazine rings is 1. The molecule has 7 heterocycles. The summed E-state index contributed by atoms with van der Waals surface area (Å²) < 4.78 is 38.6. The number of nitrogens with two attached hydrogens (primary N) is 1. The minimum Gasteiger partial charge on any atom is -0.396 e. The van der Waals surface area contributed by atoms with E-state index in [4.69, 9.17) is 20.4 Å². The third-order valence-electron chi connectivity index (χ3n) is 10.4. The van der Waals surface area contributed by atoms with Crippen LogP contribution in [0.3, 0.4) is 0 Å². The highest BCUT2D eigenvalue weighted by molar-refractivity contribution is 7.23. The van der Waals surface area contributed by atoms with Crippen LogP contribution < -0.4 is 15.5 Å². The van der Waals surface area contributed by atoms with Crippen molar-refractivity contribution in [2.75, 3.05) is 69.0 Å². The number of nitrogens with zero attached hydrogens (tertiary/aromatic N) is 8. The first-order valence-electron chi connectivity index (χ1n) is 16.2. The number of likely N-dealkylation sites (tertiary alicyclic amines) is 1. The SMILES string of the molecule is CN(C)[C@H]1CCN(c2nc(N3C4CCC3CN(CCCO)C4)c3c4c(c(-c5ncc(F)c6sc(N)c(C#N)c56)c(F)c3n2)COC4)C1. The van der Waals surface area contributed by atoms with Crippen molar-refractivity contribution in [1.29, 1.82) is 5.26 Å². The van der Waals surface area contributed by atoms with Gasteiger partial charge >= 0.3 is 0 Å². The van der Waals surface area contributed by atoms with Crippen molar-refractivity contribution in [3.05, 3.63) is 34.5 Å². The van der Waals surface area contributed by atoms with E-state index in [0.717, 1.165) is 87.3 Å². The molecule has 3 fully saturated rings. The highest BCUT2D eigenvalue weighted by Crippen LogP contribution is 2.48. The number of fused-ring (bicyclic) bond motifs is 6. The number of hydrogen-bond donors (Lipinski definition) is 2. The maximum Gasteiger partial charge on any atom is 0.228 e. The number of aliphatic hydroxyl groups is 1. The summed E-state index contributed by atoms with van der Waals surface area (Å²) in [6.07, 6.45) is 4.74.